The van der Waals surface area contributed by atoms with Crippen LogP contribution in [0.3, 0.4) is 0 Å². The van der Waals surface area contributed by atoms with Gasteiger partial charge in [-0.2, -0.15) is 17.9 Å². The standard InChI is InChI=1S/C35H31F5N8O2/c1-18(2)26-16-48(43-42-26)34(50)45(4)15-22-24(36)11-20(12-25(22)37)33(49)28-13-19-8-10-44(3)32-29(21-7-6-9-47(28)31(19)21)23(35(38,39)40)14-27-30(32)41-17-46(27)5/h6-7,9,11-14,16-18H,8,10,15H2,1-5H3. The molecule has 5 heterocycles. The van der Waals surface area contributed by atoms with E-state index < -0.39 is 47.3 Å². The number of anilines is 1. The number of likely N-dealkylation sites (N-methyl/N-ethyl adjacent to an activating group) is 1. The third-order valence-corrected chi connectivity index (χ3v) is 9.19. The molecule has 7 rings (SSSR count). The molecular weight excluding hydrogens is 659 g/mol. The van der Waals surface area contributed by atoms with E-state index in [-0.39, 0.29) is 28.3 Å². The van der Waals surface area contributed by atoms with Gasteiger partial charge < -0.3 is 18.8 Å². The summed E-state index contributed by atoms with van der Waals surface area (Å²) >= 11 is 0. The summed E-state index contributed by atoms with van der Waals surface area (Å²) < 4.78 is 79.2. The van der Waals surface area contributed by atoms with Crippen molar-refractivity contribution in [1.82, 2.24) is 33.8 Å². The molecule has 0 unspecified atom stereocenters. The summed E-state index contributed by atoms with van der Waals surface area (Å²) in [4.78, 5) is 34.1. The average molecular weight is 691 g/mol. The van der Waals surface area contributed by atoms with E-state index in [1.54, 1.807) is 37.3 Å². The fourth-order valence-electron chi connectivity index (χ4n) is 6.57. The largest absolute Gasteiger partial charge is 0.417 e. The van der Waals surface area contributed by atoms with Crippen LogP contribution in [-0.2, 0) is 26.2 Å². The van der Waals surface area contributed by atoms with Crippen molar-refractivity contribution in [2.24, 2.45) is 7.05 Å². The van der Waals surface area contributed by atoms with Crippen molar-refractivity contribution in [2.45, 2.75) is 38.9 Å². The molecule has 0 atom stereocenters. The minimum absolute atomic E-state index is 0.0154. The molecule has 15 heteroatoms. The summed E-state index contributed by atoms with van der Waals surface area (Å²) in [5.41, 5.74) is 1.23. The molecule has 0 saturated heterocycles. The van der Waals surface area contributed by atoms with Gasteiger partial charge in [0.05, 0.1) is 52.7 Å². The summed E-state index contributed by atoms with van der Waals surface area (Å²) in [6.07, 6.45) is 0.101. The zero-order valence-electron chi connectivity index (χ0n) is 27.7. The molecule has 10 nitrogen and oxygen atoms in total. The first-order valence-corrected chi connectivity index (χ1v) is 15.8. The first kappa shape index (κ1) is 32.9. The second-order valence-electron chi connectivity index (χ2n) is 12.9. The van der Waals surface area contributed by atoms with Crippen LogP contribution in [0.2, 0.25) is 0 Å². The van der Waals surface area contributed by atoms with E-state index in [0.717, 1.165) is 27.8 Å². The van der Waals surface area contributed by atoms with Crippen molar-refractivity contribution in [2.75, 3.05) is 25.5 Å². The lowest BCUT2D eigenvalue weighted by Gasteiger charge is -2.28. The third-order valence-electron chi connectivity index (χ3n) is 9.19. The van der Waals surface area contributed by atoms with E-state index in [9.17, 15) is 22.8 Å². The topological polar surface area (TPSA) is 93.6 Å². The molecule has 50 heavy (non-hydrogen) atoms. The van der Waals surface area contributed by atoms with Gasteiger partial charge in [0.2, 0.25) is 5.78 Å². The number of carbonyl (C=O) groups is 2. The number of ketones is 1. The molecule has 0 aliphatic carbocycles. The number of nitrogens with zero attached hydrogens (tertiary/aromatic N) is 8. The molecule has 0 N–H and O–H groups in total. The molecular formula is C35H31F5N8O2. The SMILES string of the molecule is CC(C)c1cn(C(=O)N(C)Cc2c(F)cc(C(=O)c3cc4c5c(cccn35)-c3c(C(F)(F)F)cc5c(ncn5C)c3N(C)CC4)cc2F)nn1. The second kappa shape index (κ2) is 11.8. The molecule has 6 aromatic rings. The van der Waals surface area contributed by atoms with Crippen LogP contribution in [0, 0.1) is 11.6 Å². The molecule has 4 aromatic heterocycles. The molecule has 0 fully saturated rings. The highest BCUT2D eigenvalue weighted by Gasteiger charge is 2.39. The number of amides is 1. The quantitative estimate of drug-likeness (QED) is 0.146. The molecule has 1 aliphatic rings. The lowest BCUT2D eigenvalue weighted by atomic mass is 9.92. The Morgan fingerprint density at radius 1 is 1.06 bits per heavy atom. The highest BCUT2D eigenvalue weighted by molar-refractivity contribution is 6.10. The summed E-state index contributed by atoms with van der Waals surface area (Å²) in [6, 6.07) is 6.89. The highest BCUT2D eigenvalue weighted by Crippen LogP contribution is 2.48. The summed E-state index contributed by atoms with van der Waals surface area (Å²) in [7, 11) is 4.69. The third kappa shape index (κ3) is 5.27. The Morgan fingerprint density at radius 2 is 1.78 bits per heavy atom. The number of fused-ring (bicyclic) bond motifs is 4. The molecule has 2 aromatic carbocycles. The number of hydrogen-bond acceptors (Lipinski definition) is 6. The number of imidazole rings is 1. The summed E-state index contributed by atoms with van der Waals surface area (Å²) in [5.74, 6) is -2.80. The zero-order chi connectivity index (χ0) is 35.8. The molecule has 0 radical (unpaired) electrons. The summed E-state index contributed by atoms with van der Waals surface area (Å²) in [5, 5.41) is 7.73. The van der Waals surface area contributed by atoms with Gasteiger partial charge in [0, 0.05) is 56.1 Å². The summed E-state index contributed by atoms with van der Waals surface area (Å²) in [6.45, 7) is 3.61. The van der Waals surface area contributed by atoms with Gasteiger partial charge in [-0.3, -0.25) is 4.79 Å². The normalized spacial score (nSPS) is 13.2. The number of carbonyl (C=O) groups excluding carboxylic acids is 2. The Kier molecular flexibility index (Phi) is 7.75. The van der Waals surface area contributed by atoms with Crippen molar-refractivity contribution in [3.05, 3.63) is 100 Å². The Labute approximate surface area is 282 Å². The van der Waals surface area contributed by atoms with Crippen LogP contribution in [0.4, 0.5) is 32.4 Å². The minimum atomic E-state index is -4.72. The predicted molar refractivity (Wildman–Crippen MR) is 175 cm³/mol. The van der Waals surface area contributed by atoms with Crippen molar-refractivity contribution in [3.8, 4) is 11.1 Å². The van der Waals surface area contributed by atoms with Crippen LogP contribution >= 0.6 is 0 Å². The highest BCUT2D eigenvalue weighted by atomic mass is 19.4. The smallest absolute Gasteiger partial charge is 0.372 e. The van der Waals surface area contributed by atoms with Crippen LogP contribution in [0.5, 0.6) is 0 Å². The zero-order valence-corrected chi connectivity index (χ0v) is 27.7. The van der Waals surface area contributed by atoms with Crippen molar-refractivity contribution < 1.29 is 31.5 Å². The molecule has 0 bridgehead atoms. The Hall–Kier alpha value is -5.60. The first-order valence-electron chi connectivity index (χ1n) is 15.8. The lowest BCUT2D eigenvalue weighted by Crippen LogP contribution is -2.31. The molecule has 0 spiro atoms. The van der Waals surface area contributed by atoms with E-state index in [1.807, 2.05) is 13.8 Å². The van der Waals surface area contributed by atoms with E-state index in [2.05, 4.69) is 15.3 Å². The Bertz CT molecular complexity index is 2330. The van der Waals surface area contributed by atoms with Gasteiger partial charge in [-0.05, 0) is 48.2 Å². The van der Waals surface area contributed by atoms with Crippen LogP contribution in [0.25, 0.3) is 27.7 Å². The molecule has 1 amide bonds. The maximum atomic E-state index is 15.5. The second-order valence-corrected chi connectivity index (χ2v) is 12.9. The number of aromatic nitrogens is 6. The van der Waals surface area contributed by atoms with Gasteiger partial charge in [0.15, 0.2) is 0 Å². The van der Waals surface area contributed by atoms with Gasteiger partial charge in [-0.25, -0.2) is 18.6 Å². The van der Waals surface area contributed by atoms with E-state index in [0.29, 0.717) is 46.5 Å². The van der Waals surface area contributed by atoms with Crippen LogP contribution in [0.1, 0.15) is 58.2 Å². The minimum Gasteiger partial charge on any atom is -0.372 e. The molecule has 258 valence electrons. The number of benzene rings is 2. The van der Waals surface area contributed by atoms with Gasteiger partial charge in [-0.1, -0.05) is 25.1 Å². The maximum Gasteiger partial charge on any atom is 0.417 e. The van der Waals surface area contributed by atoms with Crippen molar-refractivity contribution >= 4 is 34.1 Å². The monoisotopic (exact) mass is 690 g/mol. The number of hydrogen-bond donors (Lipinski definition) is 0. The fraction of sp³-hybridized carbons (Fsp3) is 0.286. The van der Waals surface area contributed by atoms with Crippen LogP contribution in [0.15, 0.2) is 55.1 Å². The van der Waals surface area contributed by atoms with E-state index >= 15 is 8.78 Å². The lowest BCUT2D eigenvalue weighted by molar-refractivity contribution is -0.137. The van der Waals surface area contributed by atoms with Gasteiger partial charge >= 0.3 is 12.2 Å². The number of halogens is 5. The van der Waals surface area contributed by atoms with Crippen molar-refractivity contribution in [1.29, 1.82) is 0 Å². The molecule has 0 saturated carbocycles. The first-order chi connectivity index (χ1) is 23.6. The Balaban J connectivity index is 1.29. The van der Waals surface area contributed by atoms with E-state index in [1.165, 1.54) is 34.6 Å². The van der Waals surface area contributed by atoms with E-state index in [4.69, 9.17) is 0 Å². The average Bonchev–Trinajstić information content (AvgIpc) is 3.80. The van der Waals surface area contributed by atoms with Crippen LogP contribution < -0.4 is 4.90 Å². The van der Waals surface area contributed by atoms with Gasteiger partial charge in [0.1, 0.15) is 17.2 Å². The number of aryl methyl sites for hydroxylation is 1. The molecule has 1 aliphatic heterocycles. The fourth-order valence-corrected chi connectivity index (χ4v) is 6.57. The Morgan fingerprint density at radius 3 is 2.44 bits per heavy atom. The van der Waals surface area contributed by atoms with Crippen LogP contribution in [-0.4, -0.2) is 66.3 Å². The number of pyridine rings is 1. The number of rotatable bonds is 5. The van der Waals surface area contributed by atoms with Gasteiger partial charge in [-0.15, -0.1) is 5.10 Å². The van der Waals surface area contributed by atoms with Crippen molar-refractivity contribution in [3.63, 3.8) is 0 Å². The predicted octanol–water partition coefficient (Wildman–Crippen LogP) is 6.83. The number of alkyl halides is 3. The van der Waals surface area contributed by atoms with Gasteiger partial charge in [0.25, 0.3) is 0 Å². The maximum absolute atomic E-state index is 15.5.